The van der Waals surface area contributed by atoms with Crippen molar-refractivity contribution >= 4 is 11.7 Å². The minimum Gasteiger partial charge on any atom is -0.311 e. The van der Waals surface area contributed by atoms with Crippen LogP contribution in [0.25, 0.3) is 0 Å². The number of carbonyl (C=O) groups is 1. The smallest absolute Gasteiger partial charge is 0.226 e. The third-order valence-electron chi connectivity index (χ3n) is 3.90. The molecule has 1 amide bonds. The zero-order chi connectivity index (χ0) is 14.3. The fraction of sp³-hybridized carbons (Fsp3) is 0.375. The van der Waals surface area contributed by atoms with Crippen LogP contribution in [-0.4, -0.2) is 15.7 Å². The number of carbonyl (C=O) groups excluding carboxylic acids is 1. The molecule has 1 aliphatic rings. The number of fused-ring (bicyclic) bond motifs is 1. The van der Waals surface area contributed by atoms with E-state index in [-0.39, 0.29) is 17.9 Å². The van der Waals surface area contributed by atoms with Gasteiger partial charge in [0, 0.05) is 23.9 Å². The van der Waals surface area contributed by atoms with Gasteiger partial charge in [0.25, 0.3) is 0 Å². The van der Waals surface area contributed by atoms with Gasteiger partial charge in [-0.1, -0.05) is 24.3 Å². The van der Waals surface area contributed by atoms with E-state index in [1.165, 1.54) is 11.1 Å². The van der Waals surface area contributed by atoms with Crippen LogP contribution in [0.1, 0.15) is 48.9 Å². The molecule has 3 rings (SSSR count). The van der Waals surface area contributed by atoms with Gasteiger partial charge in [-0.15, -0.1) is 0 Å². The fourth-order valence-corrected chi connectivity index (χ4v) is 2.89. The topological polar surface area (TPSA) is 46.9 Å². The molecular formula is C16H19N3O. The molecule has 4 heteroatoms. The second-order valence-corrected chi connectivity index (χ2v) is 5.65. The highest BCUT2D eigenvalue weighted by Crippen LogP contribution is 2.38. The number of benzene rings is 1. The molecule has 2 heterocycles. The number of nitrogens with zero attached hydrogens (tertiary/aromatic N) is 2. The Kier molecular flexibility index (Phi) is 3.08. The average molecular weight is 269 g/mol. The Morgan fingerprint density at radius 3 is 2.75 bits per heavy atom. The van der Waals surface area contributed by atoms with Gasteiger partial charge in [-0.05, 0) is 31.9 Å². The summed E-state index contributed by atoms with van der Waals surface area (Å²) in [5.41, 5.74) is 3.55. The van der Waals surface area contributed by atoms with Crippen molar-refractivity contribution in [3.63, 3.8) is 0 Å². The molecule has 1 aliphatic heterocycles. The molecule has 0 fully saturated rings. The summed E-state index contributed by atoms with van der Waals surface area (Å²) in [5, 5.41) is 7.41. The largest absolute Gasteiger partial charge is 0.311 e. The molecule has 0 radical (unpaired) electrons. The number of aromatic nitrogens is 2. The molecule has 2 aromatic rings. The van der Waals surface area contributed by atoms with E-state index in [1.807, 2.05) is 23.0 Å². The summed E-state index contributed by atoms with van der Waals surface area (Å²) >= 11 is 0. The van der Waals surface area contributed by atoms with Crippen LogP contribution < -0.4 is 5.32 Å². The molecule has 0 spiro atoms. The first-order valence-corrected chi connectivity index (χ1v) is 7.00. The molecule has 0 saturated heterocycles. The Labute approximate surface area is 118 Å². The van der Waals surface area contributed by atoms with Gasteiger partial charge >= 0.3 is 0 Å². The molecular weight excluding hydrogens is 250 g/mol. The van der Waals surface area contributed by atoms with Gasteiger partial charge in [-0.2, -0.15) is 5.10 Å². The van der Waals surface area contributed by atoms with E-state index in [2.05, 4.69) is 43.3 Å². The summed E-state index contributed by atoms with van der Waals surface area (Å²) in [6, 6.07) is 8.49. The second kappa shape index (κ2) is 4.78. The van der Waals surface area contributed by atoms with Gasteiger partial charge in [0.1, 0.15) is 5.82 Å². The first kappa shape index (κ1) is 12.9. The SMILES string of the molecule is Cc1ccccc1[C@@H]1CC(=O)Nc2c1cnn2C(C)C. The van der Waals surface area contributed by atoms with E-state index >= 15 is 0 Å². The minimum atomic E-state index is 0.0631. The maximum absolute atomic E-state index is 12.0. The maximum atomic E-state index is 12.0. The lowest BCUT2D eigenvalue weighted by molar-refractivity contribution is -0.116. The summed E-state index contributed by atoms with van der Waals surface area (Å²) < 4.78 is 1.89. The van der Waals surface area contributed by atoms with E-state index in [4.69, 9.17) is 0 Å². The predicted molar refractivity (Wildman–Crippen MR) is 78.9 cm³/mol. The maximum Gasteiger partial charge on any atom is 0.226 e. The van der Waals surface area contributed by atoms with E-state index in [0.717, 1.165) is 11.4 Å². The Morgan fingerprint density at radius 1 is 1.30 bits per heavy atom. The van der Waals surface area contributed by atoms with Crippen molar-refractivity contribution in [3.8, 4) is 0 Å². The first-order valence-electron chi connectivity index (χ1n) is 7.00. The Balaban J connectivity index is 2.12. The van der Waals surface area contributed by atoms with Crippen LogP contribution in [0.3, 0.4) is 0 Å². The molecule has 1 aromatic heterocycles. The van der Waals surface area contributed by atoms with Crippen LogP contribution in [-0.2, 0) is 4.79 Å². The summed E-state index contributed by atoms with van der Waals surface area (Å²) in [7, 11) is 0. The van der Waals surface area contributed by atoms with Gasteiger partial charge < -0.3 is 5.32 Å². The highest BCUT2D eigenvalue weighted by molar-refractivity contribution is 5.94. The number of rotatable bonds is 2. The Hall–Kier alpha value is -2.10. The second-order valence-electron chi connectivity index (χ2n) is 5.65. The number of anilines is 1. The number of hydrogen-bond acceptors (Lipinski definition) is 2. The van der Waals surface area contributed by atoms with E-state index in [9.17, 15) is 4.79 Å². The van der Waals surface area contributed by atoms with E-state index < -0.39 is 0 Å². The zero-order valence-corrected chi connectivity index (χ0v) is 12.1. The number of aryl methyl sites for hydroxylation is 1. The van der Waals surface area contributed by atoms with Crippen LogP contribution in [0.5, 0.6) is 0 Å². The Morgan fingerprint density at radius 2 is 2.05 bits per heavy atom. The summed E-state index contributed by atoms with van der Waals surface area (Å²) in [6.07, 6.45) is 2.38. The van der Waals surface area contributed by atoms with Gasteiger partial charge in [-0.3, -0.25) is 4.79 Å². The van der Waals surface area contributed by atoms with Crippen molar-refractivity contribution in [2.24, 2.45) is 0 Å². The first-order chi connectivity index (χ1) is 9.58. The van der Waals surface area contributed by atoms with Gasteiger partial charge in [0.2, 0.25) is 5.91 Å². The van der Waals surface area contributed by atoms with Gasteiger partial charge in [0.05, 0.1) is 6.20 Å². The van der Waals surface area contributed by atoms with Crippen LogP contribution in [0.4, 0.5) is 5.82 Å². The van der Waals surface area contributed by atoms with E-state index in [0.29, 0.717) is 6.42 Å². The molecule has 1 N–H and O–H groups in total. The summed E-state index contributed by atoms with van der Waals surface area (Å²) in [6.45, 7) is 6.22. The fourth-order valence-electron chi connectivity index (χ4n) is 2.89. The van der Waals surface area contributed by atoms with Crippen molar-refractivity contribution in [2.75, 3.05) is 5.32 Å². The van der Waals surface area contributed by atoms with Crippen molar-refractivity contribution in [1.29, 1.82) is 0 Å². The average Bonchev–Trinajstić information content (AvgIpc) is 2.82. The third-order valence-corrected chi connectivity index (χ3v) is 3.90. The van der Waals surface area contributed by atoms with Gasteiger partial charge in [-0.25, -0.2) is 4.68 Å². The molecule has 4 nitrogen and oxygen atoms in total. The predicted octanol–water partition coefficient (Wildman–Crippen LogP) is 3.25. The van der Waals surface area contributed by atoms with E-state index in [1.54, 1.807) is 0 Å². The quantitative estimate of drug-likeness (QED) is 0.909. The molecule has 104 valence electrons. The molecule has 1 aromatic carbocycles. The van der Waals surface area contributed by atoms with Crippen molar-refractivity contribution in [3.05, 3.63) is 47.2 Å². The van der Waals surface area contributed by atoms with Crippen molar-refractivity contribution in [1.82, 2.24) is 9.78 Å². The Bertz CT molecular complexity index is 657. The lowest BCUT2D eigenvalue weighted by atomic mass is 9.85. The standard InChI is InChI=1S/C16H19N3O/c1-10(2)19-16-14(9-17-19)13(8-15(20)18-16)12-7-5-4-6-11(12)3/h4-7,9-10,13H,8H2,1-3H3,(H,18,20)/t13-/m0/s1. The summed E-state index contributed by atoms with van der Waals surface area (Å²) in [4.78, 5) is 12.0. The molecule has 20 heavy (non-hydrogen) atoms. The monoisotopic (exact) mass is 269 g/mol. The molecule has 0 saturated carbocycles. The molecule has 0 unspecified atom stereocenters. The van der Waals surface area contributed by atoms with Crippen LogP contribution >= 0.6 is 0 Å². The number of nitrogens with one attached hydrogen (secondary N) is 1. The highest BCUT2D eigenvalue weighted by atomic mass is 16.1. The van der Waals surface area contributed by atoms with Crippen LogP contribution in [0, 0.1) is 6.92 Å². The minimum absolute atomic E-state index is 0.0631. The van der Waals surface area contributed by atoms with Crippen molar-refractivity contribution in [2.45, 2.75) is 39.2 Å². The zero-order valence-electron chi connectivity index (χ0n) is 12.1. The third kappa shape index (κ3) is 2.01. The molecule has 0 bridgehead atoms. The molecule has 1 atom stereocenters. The summed E-state index contributed by atoms with van der Waals surface area (Å²) in [5.74, 6) is 1.02. The number of hydrogen-bond donors (Lipinski definition) is 1. The lowest BCUT2D eigenvalue weighted by Gasteiger charge is -2.25. The lowest BCUT2D eigenvalue weighted by Crippen LogP contribution is -2.25. The van der Waals surface area contributed by atoms with Crippen LogP contribution in [0.2, 0.25) is 0 Å². The number of amides is 1. The van der Waals surface area contributed by atoms with Crippen molar-refractivity contribution < 1.29 is 4.79 Å². The van der Waals surface area contributed by atoms with Gasteiger partial charge in [0.15, 0.2) is 0 Å². The molecule has 0 aliphatic carbocycles. The highest BCUT2D eigenvalue weighted by Gasteiger charge is 2.30. The normalized spacial score (nSPS) is 18.0. The van der Waals surface area contributed by atoms with Crippen LogP contribution in [0.15, 0.2) is 30.5 Å².